The van der Waals surface area contributed by atoms with Gasteiger partial charge in [-0.05, 0) is 19.3 Å². The van der Waals surface area contributed by atoms with Crippen LogP contribution in [0, 0.1) is 5.41 Å². The van der Waals surface area contributed by atoms with Gasteiger partial charge in [-0.1, -0.05) is 25.7 Å². The van der Waals surface area contributed by atoms with Gasteiger partial charge in [-0.3, -0.25) is 0 Å². The van der Waals surface area contributed by atoms with Crippen LogP contribution >= 0.6 is 11.6 Å². The molecule has 0 amide bonds. The molecular formula is C10H17ClO. The van der Waals surface area contributed by atoms with Gasteiger partial charge in [0.05, 0.1) is 0 Å². The molecule has 0 bridgehead atoms. The maximum atomic E-state index is 11.0. The highest BCUT2D eigenvalue weighted by atomic mass is 35.5. The fourth-order valence-corrected chi connectivity index (χ4v) is 2.42. The Morgan fingerprint density at radius 2 is 1.75 bits per heavy atom. The first-order valence-electron chi connectivity index (χ1n) is 4.85. The molecule has 0 saturated heterocycles. The van der Waals surface area contributed by atoms with E-state index in [1.807, 2.05) is 0 Å². The molecule has 0 aromatic rings. The third-order valence-corrected chi connectivity index (χ3v) is 3.13. The normalized spacial score (nSPS) is 23.1. The lowest BCUT2D eigenvalue weighted by Crippen LogP contribution is -2.22. The molecule has 1 fully saturated rings. The van der Waals surface area contributed by atoms with Gasteiger partial charge in [0.25, 0.3) is 0 Å². The molecule has 1 rings (SSSR count). The van der Waals surface area contributed by atoms with Gasteiger partial charge in [-0.15, -0.1) is 11.6 Å². The van der Waals surface area contributed by atoms with Crippen molar-refractivity contribution in [2.75, 3.05) is 5.88 Å². The van der Waals surface area contributed by atoms with Crippen LogP contribution in [0.15, 0.2) is 0 Å². The van der Waals surface area contributed by atoms with Crippen LogP contribution < -0.4 is 0 Å². The van der Waals surface area contributed by atoms with Crippen LogP contribution in [-0.4, -0.2) is 12.2 Å². The summed E-state index contributed by atoms with van der Waals surface area (Å²) in [6, 6.07) is 0. The molecule has 0 aromatic carbocycles. The van der Waals surface area contributed by atoms with Crippen molar-refractivity contribution in [3.05, 3.63) is 0 Å². The largest absolute Gasteiger partial charge is 0.303 e. The topological polar surface area (TPSA) is 17.1 Å². The van der Waals surface area contributed by atoms with Crippen molar-refractivity contribution in [1.82, 2.24) is 0 Å². The molecule has 70 valence electrons. The fourth-order valence-electron chi connectivity index (χ4n) is 2.05. The second-order valence-corrected chi connectivity index (χ2v) is 4.21. The van der Waals surface area contributed by atoms with E-state index in [1.54, 1.807) is 0 Å². The first kappa shape index (κ1) is 10.0. The Morgan fingerprint density at radius 3 is 2.17 bits per heavy atom. The Morgan fingerprint density at radius 1 is 1.17 bits per heavy atom. The van der Waals surface area contributed by atoms with E-state index in [9.17, 15) is 4.79 Å². The standard InChI is InChI=1S/C10H17ClO/c11-8-7-10(9-12)5-3-1-2-4-6-10/h9H,1-8H2. The minimum Gasteiger partial charge on any atom is -0.303 e. The summed E-state index contributed by atoms with van der Waals surface area (Å²) in [5.74, 6) is 0.624. The SMILES string of the molecule is O=CC1(CCCl)CCCCCC1. The van der Waals surface area contributed by atoms with E-state index in [0.717, 1.165) is 25.5 Å². The van der Waals surface area contributed by atoms with Gasteiger partial charge in [-0.25, -0.2) is 0 Å². The highest BCUT2D eigenvalue weighted by molar-refractivity contribution is 6.17. The van der Waals surface area contributed by atoms with Gasteiger partial charge in [0.2, 0.25) is 0 Å². The number of carbonyl (C=O) groups excluding carboxylic acids is 1. The van der Waals surface area contributed by atoms with E-state index >= 15 is 0 Å². The van der Waals surface area contributed by atoms with E-state index in [0.29, 0.717) is 5.88 Å². The summed E-state index contributed by atoms with van der Waals surface area (Å²) in [4.78, 5) is 11.0. The maximum Gasteiger partial charge on any atom is 0.126 e. The minimum atomic E-state index is -0.0573. The van der Waals surface area contributed by atoms with Crippen LogP contribution in [0.1, 0.15) is 44.9 Å². The number of halogens is 1. The molecule has 1 aliphatic rings. The number of hydrogen-bond acceptors (Lipinski definition) is 1. The van der Waals surface area contributed by atoms with E-state index < -0.39 is 0 Å². The molecule has 0 atom stereocenters. The second-order valence-electron chi connectivity index (χ2n) is 3.83. The van der Waals surface area contributed by atoms with Gasteiger partial charge >= 0.3 is 0 Å². The van der Waals surface area contributed by atoms with E-state index in [4.69, 9.17) is 11.6 Å². The van der Waals surface area contributed by atoms with Crippen molar-refractivity contribution < 1.29 is 4.79 Å². The van der Waals surface area contributed by atoms with Gasteiger partial charge in [0.1, 0.15) is 6.29 Å². The third kappa shape index (κ3) is 2.48. The summed E-state index contributed by atoms with van der Waals surface area (Å²) in [5, 5.41) is 0. The highest BCUT2D eigenvalue weighted by Crippen LogP contribution is 2.36. The minimum absolute atomic E-state index is 0.0573. The molecule has 2 heteroatoms. The molecule has 0 spiro atoms. The summed E-state index contributed by atoms with van der Waals surface area (Å²) in [6.45, 7) is 0. The third-order valence-electron chi connectivity index (χ3n) is 2.94. The Hall–Kier alpha value is -0.0400. The molecule has 0 unspecified atom stereocenters. The van der Waals surface area contributed by atoms with Gasteiger partial charge in [-0.2, -0.15) is 0 Å². The van der Waals surface area contributed by atoms with Crippen molar-refractivity contribution in [3.8, 4) is 0 Å². The first-order valence-corrected chi connectivity index (χ1v) is 5.39. The summed E-state index contributed by atoms with van der Waals surface area (Å²) in [6.07, 6.45) is 9.13. The molecule has 0 aromatic heterocycles. The van der Waals surface area contributed by atoms with Crippen LogP contribution in [0.5, 0.6) is 0 Å². The maximum absolute atomic E-state index is 11.0. The predicted molar refractivity (Wildman–Crippen MR) is 51.5 cm³/mol. The Bertz CT molecular complexity index is 137. The number of rotatable bonds is 3. The smallest absolute Gasteiger partial charge is 0.126 e. The lowest BCUT2D eigenvalue weighted by Gasteiger charge is -2.24. The Balaban J connectivity index is 2.54. The zero-order valence-electron chi connectivity index (χ0n) is 7.52. The zero-order valence-corrected chi connectivity index (χ0v) is 8.28. The van der Waals surface area contributed by atoms with E-state index in [1.165, 1.54) is 25.7 Å². The monoisotopic (exact) mass is 188 g/mol. The molecule has 1 nitrogen and oxygen atoms in total. The molecule has 1 aliphatic carbocycles. The van der Waals surface area contributed by atoms with Crippen molar-refractivity contribution >= 4 is 17.9 Å². The highest BCUT2D eigenvalue weighted by Gasteiger charge is 2.29. The number of aldehydes is 1. The fraction of sp³-hybridized carbons (Fsp3) is 0.900. The molecule has 12 heavy (non-hydrogen) atoms. The zero-order chi connectivity index (χ0) is 8.86. The van der Waals surface area contributed by atoms with Crippen molar-refractivity contribution in [2.45, 2.75) is 44.9 Å². The van der Waals surface area contributed by atoms with Crippen LogP contribution in [0.25, 0.3) is 0 Å². The molecular weight excluding hydrogens is 172 g/mol. The van der Waals surface area contributed by atoms with Gasteiger partial charge in [0.15, 0.2) is 0 Å². The summed E-state index contributed by atoms with van der Waals surface area (Å²) >= 11 is 5.70. The average molecular weight is 189 g/mol. The van der Waals surface area contributed by atoms with Crippen molar-refractivity contribution in [2.24, 2.45) is 5.41 Å². The molecule has 1 saturated carbocycles. The first-order chi connectivity index (χ1) is 5.83. The lowest BCUT2D eigenvalue weighted by molar-refractivity contribution is -0.117. The van der Waals surface area contributed by atoms with Crippen molar-refractivity contribution in [3.63, 3.8) is 0 Å². The van der Waals surface area contributed by atoms with Gasteiger partial charge in [0, 0.05) is 11.3 Å². The predicted octanol–water partition coefficient (Wildman–Crippen LogP) is 3.15. The van der Waals surface area contributed by atoms with E-state index in [-0.39, 0.29) is 5.41 Å². The Labute approximate surface area is 79.5 Å². The summed E-state index contributed by atoms with van der Waals surface area (Å²) in [5.41, 5.74) is -0.0573. The Kier molecular flexibility index (Phi) is 4.07. The average Bonchev–Trinajstić information content (AvgIpc) is 2.32. The second kappa shape index (κ2) is 4.86. The van der Waals surface area contributed by atoms with Gasteiger partial charge < -0.3 is 4.79 Å². The number of hydrogen-bond donors (Lipinski definition) is 0. The van der Waals surface area contributed by atoms with E-state index in [2.05, 4.69) is 0 Å². The van der Waals surface area contributed by atoms with Crippen LogP contribution in [0.3, 0.4) is 0 Å². The van der Waals surface area contributed by atoms with Crippen LogP contribution in [0.2, 0.25) is 0 Å². The molecule has 0 aliphatic heterocycles. The summed E-state index contributed by atoms with van der Waals surface area (Å²) in [7, 11) is 0. The molecule has 0 radical (unpaired) electrons. The van der Waals surface area contributed by atoms with Crippen LogP contribution in [0.4, 0.5) is 0 Å². The van der Waals surface area contributed by atoms with Crippen molar-refractivity contribution in [1.29, 1.82) is 0 Å². The number of carbonyl (C=O) groups is 1. The number of alkyl halides is 1. The molecule has 0 heterocycles. The quantitative estimate of drug-likeness (QED) is 0.378. The van der Waals surface area contributed by atoms with Crippen LogP contribution in [-0.2, 0) is 4.79 Å². The molecule has 0 N–H and O–H groups in total. The summed E-state index contributed by atoms with van der Waals surface area (Å²) < 4.78 is 0. The lowest BCUT2D eigenvalue weighted by atomic mass is 9.79.